The number of hydrogen-bond acceptors (Lipinski definition) is 4. The molecule has 0 aliphatic carbocycles. The fraction of sp³-hybridized carbons (Fsp3) is 0.750. The molecule has 116 valence electrons. The van der Waals surface area contributed by atoms with Gasteiger partial charge in [0.2, 0.25) is 5.95 Å². The van der Waals surface area contributed by atoms with Crippen LogP contribution in [0.25, 0.3) is 0 Å². The van der Waals surface area contributed by atoms with Gasteiger partial charge in [-0.3, -0.25) is 0 Å². The van der Waals surface area contributed by atoms with E-state index in [0.29, 0.717) is 6.04 Å². The van der Waals surface area contributed by atoms with E-state index in [1.54, 1.807) is 0 Å². The summed E-state index contributed by atoms with van der Waals surface area (Å²) in [7, 11) is 4.31. The lowest BCUT2D eigenvalue weighted by Gasteiger charge is -2.35. The van der Waals surface area contributed by atoms with Crippen molar-refractivity contribution >= 4 is 5.95 Å². The SMILES string of the molecule is CC.CC.Cc1cnc(N2CCC(N(C)C)CC2)nc1. The lowest BCUT2D eigenvalue weighted by molar-refractivity contribution is 0.249. The van der Waals surface area contributed by atoms with Gasteiger partial charge in [-0.05, 0) is 39.4 Å². The number of anilines is 1. The van der Waals surface area contributed by atoms with Crippen molar-refractivity contribution in [3.63, 3.8) is 0 Å². The van der Waals surface area contributed by atoms with Crippen LogP contribution in [0.4, 0.5) is 5.95 Å². The second-order valence-electron chi connectivity index (χ2n) is 4.74. The van der Waals surface area contributed by atoms with E-state index < -0.39 is 0 Å². The van der Waals surface area contributed by atoms with Gasteiger partial charge in [-0.15, -0.1) is 0 Å². The zero-order valence-electron chi connectivity index (χ0n) is 14.3. The summed E-state index contributed by atoms with van der Waals surface area (Å²) in [4.78, 5) is 13.3. The van der Waals surface area contributed by atoms with E-state index in [-0.39, 0.29) is 0 Å². The molecule has 20 heavy (non-hydrogen) atoms. The Hall–Kier alpha value is -1.16. The van der Waals surface area contributed by atoms with E-state index in [0.717, 1.165) is 24.6 Å². The van der Waals surface area contributed by atoms with Crippen LogP contribution in [0.3, 0.4) is 0 Å². The molecular weight excluding hydrogens is 248 g/mol. The predicted octanol–water partition coefficient (Wildman–Crippen LogP) is 3.37. The number of piperidine rings is 1. The maximum absolute atomic E-state index is 4.37. The summed E-state index contributed by atoms with van der Waals surface area (Å²) in [5.41, 5.74) is 1.12. The van der Waals surface area contributed by atoms with E-state index in [1.165, 1.54) is 12.8 Å². The highest BCUT2D eigenvalue weighted by Crippen LogP contribution is 2.17. The minimum atomic E-state index is 0.710. The zero-order valence-corrected chi connectivity index (χ0v) is 14.3. The summed E-state index contributed by atoms with van der Waals surface area (Å²) in [5.74, 6) is 0.878. The molecule has 0 N–H and O–H groups in total. The van der Waals surface area contributed by atoms with Gasteiger partial charge in [0.15, 0.2) is 0 Å². The summed E-state index contributed by atoms with van der Waals surface area (Å²) in [5, 5.41) is 0. The van der Waals surface area contributed by atoms with Crippen molar-refractivity contribution < 1.29 is 0 Å². The largest absolute Gasteiger partial charge is 0.341 e. The molecule has 2 rings (SSSR count). The summed E-state index contributed by atoms with van der Waals surface area (Å²) in [6, 6.07) is 0.710. The zero-order chi connectivity index (χ0) is 15.5. The van der Waals surface area contributed by atoms with Crippen LogP contribution in [0.5, 0.6) is 0 Å². The Balaban J connectivity index is 0.000000829. The third kappa shape index (κ3) is 5.87. The Labute approximate surface area is 125 Å². The van der Waals surface area contributed by atoms with Crippen LogP contribution in [-0.2, 0) is 0 Å². The van der Waals surface area contributed by atoms with Crippen molar-refractivity contribution in [2.45, 2.75) is 53.5 Å². The first kappa shape index (κ1) is 18.8. The fourth-order valence-corrected chi connectivity index (χ4v) is 2.13. The van der Waals surface area contributed by atoms with Crippen LogP contribution in [0.15, 0.2) is 12.4 Å². The summed E-state index contributed by atoms with van der Waals surface area (Å²) in [6.45, 7) is 12.1. The molecule has 1 aliphatic rings. The third-order valence-corrected chi connectivity index (χ3v) is 3.24. The highest BCUT2D eigenvalue weighted by atomic mass is 15.3. The molecule has 0 unspecified atom stereocenters. The molecular formula is C16H32N4. The number of rotatable bonds is 2. The lowest BCUT2D eigenvalue weighted by atomic mass is 10.0. The molecule has 0 aromatic carbocycles. The second-order valence-corrected chi connectivity index (χ2v) is 4.74. The second kappa shape index (κ2) is 10.6. The molecule has 0 atom stereocenters. The quantitative estimate of drug-likeness (QED) is 0.831. The number of hydrogen-bond donors (Lipinski definition) is 0. The molecule has 1 aromatic rings. The van der Waals surface area contributed by atoms with Crippen LogP contribution in [0, 0.1) is 6.92 Å². The van der Waals surface area contributed by atoms with E-state index in [9.17, 15) is 0 Å². The van der Waals surface area contributed by atoms with Crippen molar-refractivity contribution in [2.75, 3.05) is 32.1 Å². The van der Waals surface area contributed by atoms with Gasteiger partial charge in [0.1, 0.15) is 0 Å². The summed E-state index contributed by atoms with van der Waals surface area (Å²) >= 11 is 0. The number of nitrogens with zero attached hydrogens (tertiary/aromatic N) is 4. The van der Waals surface area contributed by atoms with Gasteiger partial charge >= 0.3 is 0 Å². The first-order valence-corrected chi connectivity index (χ1v) is 7.87. The lowest BCUT2D eigenvalue weighted by Crippen LogP contribution is -2.42. The van der Waals surface area contributed by atoms with Crippen LogP contribution in [0.2, 0.25) is 0 Å². The van der Waals surface area contributed by atoms with E-state index >= 15 is 0 Å². The number of aromatic nitrogens is 2. The van der Waals surface area contributed by atoms with Crippen molar-refractivity contribution in [3.05, 3.63) is 18.0 Å². The van der Waals surface area contributed by atoms with Crippen molar-refractivity contribution in [1.82, 2.24) is 14.9 Å². The molecule has 1 aromatic heterocycles. The molecule has 1 aliphatic heterocycles. The summed E-state index contributed by atoms with van der Waals surface area (Å²) < 4.78 is 0. The molecule has 0 bridgehead atoms. The first-order valence-electron chi connectivity index (χ1n) is 7.87. The highest BCUT2D eigenvalue weighted by molar-refractivity contribution is 5.30. The molecule has 0 radical (unpaired) electrons. The molecule has 0 spiro atoms. The minimum absolute atomic E-state index is 0.710. The molecule has 2 heterocycles. The van der Waals surface area contributed by atoms with E-state index in [4.69, 9.17) is 0 Å². The Kier molecular flexibility index (Phi) is 9.99. The topological polar surface area (TPSA) is 32.3 Å². The van der Waals surface area contributed by atoms with Gasteiger partial charge in [-0.2, -0.15) is 0 Å². The van der Waals surface area contributed by atoms with Gasteiger partial charge < -0.3 is 9.80 Å². The predicted molar refractivity (Wildman–Crippen MR) is 88.4 cm³/mol. The van der Waals surface area contributed by atoms with Gasteiger partial charge in [0, 0.05) is 31.5 Å². The smallest absolute Gasteiger partial charge is 0.225 e. The minimum Gasteiger partial charge on any atom is -0.341 e. The van der Waals surface area contributed by atoms with Crippen LogP contribution in [-0.4, -0.2) is 48.1 Å². The molecule has 0 amide bonds. The van der Waals surface area contributed by atoms with Gasteiger partial charge in [-0.1, -0.05) is 27.7 Å². The molecule has 4 nitrogen and oxygen atoms in total. The Bertz CT molecular complexity index is 327. The van der Waals surface area contributed by atoms with Crippen molar-refractivity contribution in [3.8, 4) is 0 Å². The molecule has 1 fully saturated rings. The van der Waals surface area contributed by atoms with Crippen molar-refractivity contribution in [2.24, 2.45) is 0 Å². The normalized spacial score (nSPS) is 15.1. The first-order chi connectivity index (χ1) is 9.66. The maximum atomic E-state index is 4.37. The Morgan fingerprint density at radius 2 is 1.45 bits per heavy atom. The molecule has 0 saturated carbocycles. The highest BCUT2D eigenvalue weighted by Gasteiger charge is 2.21. The van der Waals surface area contributed by atoms with Gasteiger partial charge in [0.05, 0.1) is 0 Å². The monoisotopic (exact) mass is 280 g/mol. The Morgan fingerprint density at radius 3 is 1.85 bits per heavy atom. The molecule has 1 saturated heterocycles. The van der Waals surface area contributed by atoms with Crippen LogP contribution < -0.4 is 4.90 Å². The van der Waals surface area contributed by atoms with Crippen molar-refractivity contribution in [1.29, 1.82) is 0 Å². The molecule has 4 heteroatoms. The standard InChI is InChI=1S/C12H20N4.2C2H6/c1-10-8-13-12(14-9-10)16-6-4-11(5-7-16)15(2)3;2*1-2/h8-9,11H,4-7H2,1-3H3;2*1-2H3. The van der Waals surface area contributed by atoms with E-state index in [2.05, 4.69) is 33.9 Å². The average Bonchev–Trinajstić information content (AvgIpc) is 2.52. The van der Waals surface area contributed by atoms with Gasteiger partial charge in [0.25, 0.3) is 0 Å². The van der Waals surface area contributed by atoms with Gasteiger partial charge in [-0.25, -0.2) is 9.97 Å². The maximum Gasteiger partial charge on any atom is 0.225 e. The number of aryl methyl sites for hydroxylation is 1. The summed E-state index contributed by atoms with van der Waals surface area (Å²) in [6.07, 6.45) is 6.18. The average molecular weight is 280 g/mol. The third-order valence-electron chi connectivity index (χ3n) is 3.24. The van der Waals surface area contributed by atoms with Crippen LogP contribution in [0.1, 0.15) is 46.1 Å². The Morgan fingerprint density at radius 1 is 1.00 bits per heavy atom. The van der Waals surface area contributed by atoms with E-state index in [1.807, 2.05) is 47.0 Å². The van der Waals surface area contributed by atoms with Crippen LogP contribution >= 0.6 is 0 Å². The fourth-order valence-electron chi connectivity index (χ4n) is 2.13.